The SMILES string of the molecule is c1ccc(-c2nc(-c3cccc(-c4c5ccccc5n5c4sc4ccccc45)c3)c3ccccc3n2)cc1. The average molecular weight is 504 g/mol. The minimum Gasteiger partial charge on any atom is -0.299 e. The monoisotopic (exact) mass is 503 g/mol. The molecule has 0 N–H and O–H groups in total. The Morgan fingerprint density at radius 3 is 2.11 bits per heavy atom. The fourth-order valence-corrected chi connectivity index (χ4v) is 6.74. The third-order valence-corrected chi connectivity index (χ3v) is 8.35. The standard InChI is InChI=1S/C34H21N3S/c1-2-11-22(12-3-1)33-35-27-17-6-4-15-25(27)32(36-33)24-14-10-13-23(21-24)31-26-16-5-7-18-28(26)37-29-19-8-9-20-30(29)38-34(31)37/h1-21H. The number of hydrogen-bond acceptors (Lipinski definition) is 3. The van der Waals surface area contributed by atoms with E-state index in [1.165, 1.54) is 37.1 Å². The summed E-state index contributed by atoms with van der Waals surface area (Å²) in [6.07, 6.45) is 0. The zero-order chi connectivity index (χ0) is 25.1. The van der Waals surface area contributed by atoms with E-state index in [0.717, 1.165) is 33.5 Å². The molecule has 0 saturated carbocycles. The lowest BCUT2D eigenvalue weighted by Gasteiger charge is -2.11. The molecule has 0 amide bonds. The van der Waals surface area contributed by atoms with E-state index in [1.807, 2.05) is 35.6 Å². The van der Waals surface area contributed by atoms with Gasteiger partial charge in [-0.05, 0) is 35.9 Å². The van der Waals surface area contributed by atoms with Gasteiger partial charge in [-0.15, -0.1) is 11.3 Å². The van der Waals surface area contributed by atoms with Crippen LogP contribution in [0.3, 0.4) is 0 Å². The molecule has 0 saturated heterocycles. The van der Waals surface area contributed by atoms with Crippen molar-refractivity contribution in [3.63, 3.8) is 0 Å². The van der Waals surface area contributed by atoms with E-state index in [2.05, 4.69) is 108 Å². The van der Waals surface area contributed by atoms with Gasteiger partial charge in [0.2, 0.25) is 0 Å². The molecule has 8 rings (SSSR count). The second-order valence-electron chi connectivity index (χ2n) is 9.46. The number of aromatic nitrogens is 3. The Morgan fingerprint density at radius 1 is 0.526 bits per heavy atom. The van der Waals surface area contributed by atoms with E-state index in [1.54, 1.807) is 0 Å². The van der Waals surface area contributed by atoms with Crippen molar-refractivity contribution in [3.8, 4) is 33.8 Å². The molecule has 5 aromatic carbocycles. The number of nitrogens with zero attached hydrogens (tertiary/aromatic N) is 3. The minimum absolute atomic E-state index is 0.742. The first-order valence-electron chi connectivity index (χ1n) is 12.7. The van der Waals surface area contributed by atoms with Gasteiger partial charge < -0.3 is 0 Å². The molecule has 4 heteroatoms. The zero-order valence-electron chi connectivity index (χ0n) is 20.4. The van der Waals surface area contributed by atoms with E-state index in [0.29, 0.717) is 0 Å². The van der Waals surface area contributed by atoms with Gasteiger partial charge in [-0.25, -0.2) is 9.97 Å². The molecule has 0 fully saturated rings. The van der Waals surface area contributed by atoms with E-state index in [9.17, 15) is 0 Å². The maximum absolute atomic E-state index is 5.11. The van der Waals surface area contributed by atoms with Crippen LogP contribution in [0.25, 0.3) is 70.6 Å². The summed E-state index contributed by atoms with van der Waals surface area (Å²) in [6.45, 7) is 0. The number of benzene rings is 5. The molecule has 0 bridgehead atoms. The molecule has 3 aromatic heterocycles. The van der Waals surface area contributed by atoms with E-state index < -0.39 is 0 Å². The molecule has 0 aliphatic rings. The van der Waals surface area contributed by atoms with Crippen LogP contribution in [0.4, 0.5) is 0 Å². The van der Waals surface area contributed by atoms with Crippen molar-refractivity contribution in [3.05, 3.63) is 127 Å². The van der Waals surface area contributed by atoms with Crippen molar-refractivity contribution < 1.29 is 0 Å². The zero-order valence-corrected chi connectivity index (χ0v) is 21.2. The van der Waals surface area contributed by atoms with Gasteiger partial charge in [-0.2, -0.15) is 0 Å². The highest BCUT2D eigenvalue weighted by Crippen LogP contribution is 2.43. The fraction of sp³-hybridized carbons (Fsp3) is 0. The van der Waals surface area contributed by atoms with Gasteiger partial charge in [0.05, 0.1) is 26.9 Å². The Labute approximate surface area is 223 Å². The van der Waals surface area contributed by atoms with E-state index >= 15 is 0 Å². The molecular formula is C34H21N3S. The first kappa shape index (κ1) is 21.3. The lowest BCUT2D eigenvalue weighted by molar-refractivity contribution is 1.23. The van der Waals surface area contributed by atoms with Gasteiger partial charge in [0.1, 0.15) is 4.83 Å². The topological polar surface area (TPSA) is 30.2 Å². The van der Waals surface area contributed by atoms with Crippen LogP contribution in [-0.2, 0) is 0 Å². The minimum atomic E-state index is 0.742. The Hall–Kier alpha value is -4.80. The average Bonchev–Trinajstić information content (AvgIpc) is 3.52. The summed E-state index contributed by atoms with van der Waals surface area (Å²) in [7, 11) is 0. The normalized spacial score (nSPS) is 11.7. The van der Waals surface area contributed by atoms with Crippen LogP contribution in [0.15, 0.2) is 127 Å². The van der Waals surface area contributed by atoms with Crippen molar-refractivity contribution in [2.75, 3.05) is 0 Å². The highest BCUT2D eigenvalue weighted by atomic mass is 32.1. The van der Waals surface area contributed by atoms with E-state index in [-0.39, 0.29) is 0 Å². The number of fused-ring (bicyclic) bond motifs is 6. The summed E-state index contributed by atoms with van der Waals surface area (Å²) in [5.41, 5.74) is 8.95. The van der Waals surface area contributed by atoms with Gasteiger partial charge >= 0.3 is 0 Å². The quantitative estimate of drug-likeness (QED) is 0.240. The van der Waals surface area contributed by atoms with Gasteiger partial charge in [-0.1, -0.05) is 97.1 Å². The summed E-state index contributed by atoms with van der Waals surface area (Å²) in [4.78, 5) is 11.3. The highest BCUT2D eigenvalue weighted by molar-refractivity contribution is 7.24. The Bertz CT molecular complexity index is 2140. The Morgan fingerprint density at radius 2 is 1.21 bits per heavy atom. The second-order valence-corrected chi connectivity index (χ2v) is 10.5. The predicted molar refractivity (Wildman–Crippen MR) is 160 cm³/mol. The van der Waals surface area contributed by atoms with Crippen molar-refractivity contribution in [2.45, 2.75) is 0 Å². The number of rotatable bonds is 3. The molecule has 0 aliphatic carbocycles. The first-order chi connectivity index (χ1) is 18.8. The summed E-state index contributed by atoms with van der Waals surface area (Å²) >= 11 is 1.85. The molecule has 0 unspecified atom stereocenters. The summed E-state index contributed by atoms with van der Waals surface area (Å²) < 4.78 is 3.70. The summed E-state index contributed by atoms with van der Waals surface area (Å²) in [5.74, 6) is 0.742. The maximum Gasteiger partial charge on any atom is 0.160 e. The Kier molecular flexibility index (Phi) is 4.69. The van der Waals surface area contributed by atoms with Gasteiger partial charge in [0.25, 0.3) is 0 Å². The third kappa shape index (κ3) is 3.21. The van der Waals surface area contributed by atoms with Gasteiger partial charge in [0, 0.05) is 27.5 Å². The van der Waals surface area contributed by atoms with E-state index in [4.69, 9.17) is 9.97 Å². The third-order valence-electron chi connectivity index (χ3n) is 7.20. The predicted octanol–water partition coefficient (Wildman–Crippen LogP) is 9.25. The molecule has 0 radical (unpaired) electrons. The van der Waals surface area contributed by atoms with Crippen LogP contribution in [0, 0.1) is 0 Å². The van der Waals surface area contributed by atoms with Crippen molar-refractivity contribution in [2.24, 2.45) is 0 Å². The van der Waals surface area contributed by atoms with Crippen LogP contribution in [-0.4, -0.2) is 14.4 Å². The molecule has 8 aromatic rings. The molecule has 38 heavy (non-hydrogen) atoms. The van der Waals surface area contributed by atoms with Crippen molar-refractivity contribution in [1.82, 2.24) is 14.4 Å². The largest absolute Gasteiger partial charge is 0.299 e. The number of thiazole rings is 1. The molecule has 0 aliphatic heterocycles. The van der Waals surface area contributed by atoms with Gasteiger partial charge in [-0.3, -0.25) is 4.40 Å². The summed E-state index contributed by atoms with van der Waals surface area (Å²) in [5, 5.41) is 2.32. The van der Waals surface area contributed by atoms with Crippen LogP contribution in [0.5, 0.6) is 0 Å². The molecule has 0 spiro atoms. The molecular weight excluding hydrogens is 482 g/mol. The van der Waals surface area contributed by atoms with Crippen LogP contribution >= 0.6 is 11.3 Å². The first-order valence-corrected chi connectivity index (χ1v) is 13.5. The molecule has 178 valence electrons. The van der Waals surface area contributed by atoms with Crippen LogP contribution in [0.2, 0.25) is 0 Å². The van der Waals surface area contributed by atoms with Crippen LogP contribution in [0.1, 0.15) is 0 Å². The van der Waals surface area contributed by atoms with Crippen molar-refractivity contribution in [1.29, 1.82) is 0 Å². The summed E-state index contributed by atoms with van der Waals surface area (Å²) in [6, 6.07) is 44.7. The lowest BCUT2D eigenvalue weighted by Crippen LogP contribution is -1.95. The second kappa shape index (κ2) is 8.37. The number of hydrogen-bond donors (Lipinski definition) is 0. The fourth-order valence-electron chi connectivity index (χ4n) is 5.50. The van der Waals surface area contributed by atoms with Crippen LogP contribution < -0.4 is 0 Å². The molecule has 3 nitrogen and oxygen atoms in total. The molecule has 0 atom stereocenters. The lowest BCUT2D eigenvalue weighted by atomic mass is 9.99. The van der Waals surface area contributed by atoms with Crippen molar-refractivity contribution >= 4 is 48.2 Å². The maximum atomic E-state index is 5.11. The Balaban J connectivity index is 1.40. The van der Waals surface area contributed by atoms with Gasteiger partial charge in [0.15, 0.2) is 5.82 Å². The molecule has 3 heterocycles. The smallest absolute Gasteiger partial charge is 0.160 e. The number of para-hydroxylation sites is 3. The highest BCUT2D eigenvalue weighted by Gasteiger charge is 2.19.